The van der Waals surface area contributed by atoms with Gasteiger partial charge in [-0.1, -0.05) is 11.3 Å². The minimum absolute atomic E-state index is 0.133. The molecule has 17 heavy (non-hydrogen) atoms. The first kappa shape index (κ1) is 12.3. The van der Waals surface area contributed by atoms with Crippen LogP contribution in [0.25, 0.3) is 0 Å². The van der Waals surface area contributed by atoms with Gasteiger partial charge in [-0.05, 0) is 19.8 Å². The van der Waals surface area contributed by atoms with Crippen molar-refractivity contribution in [2.24, 2.45) is 0 Å². The summed E-state index contributed by atoms with van der Waals surface area (Å²) in [6.45, 7) is 3.17. The molecule has 1 aliphatic rings. The van der Waals surface area contributed by atoms with Gasteiger partial charge < -0.3 is 14.7 Å². The Bertz CT molecular complexity index is 394. The van der Waals surface area contributed by atoms with Crippen molar-refractivity contribution in [3.8, 4) is 0 Å². The van der Waals surface area contributed by atoms with Gasteiger partial charge in [0.2, 0.25) is 0 Å². The van der Waals surface area contributed by atoms with Crippen molar-refractivity contribution in [1.29, 1.82) is 0 Å². The SMILES string of the molecule is CCOC(=O)c1cnc(N2CCCC2CO)s1. The molecule has 5 nitrogen and oxygen atoms in total. The van der Waals surface area contributed by atoms with Crippen molar-refractivity contribution in [3.05, 3.63) is 11.1 Å². The lowest BCUT2D eigenvalue weighted by molar-refractivity contribution is 0.0532. The minimum atomic E-state index is -0.323. The second-order valence-electron chi connectivity index (χ2n) is 3.90. The molecule has 94 valence electrons. The number of hydrogen-bond acceptors (Lipinski definition) is 6. The van der Waals surface area contributed by atoms with Crippen molar-refractivity contribution < 1.29 is 14.6 Å². The molecule has 1 saturated heterocycles. The highest BCUT2D eigenvalue weighted by Gasteiger charge is 2.26. The zero-order chi connectivity index (χ0) is 12.3. The Kier molecular flexibility index (Phi) is 3.96. The second-order valence-corrected chi connectivity index (χ2v) is 4.91. The van der Waals surface area contributed by atoms with Crippen LogP contribution in [-0.4, -0.2) is 41.9 Å². The van der Waals surface area contributed by atoms with Gasteiger partial charge in [0.05, 0.1) is 25.5 Å². The monoisotopic (exact) mass is 256 g/mol. The summed E-state index contributed by atoms with van der Waals surface area (Å²) in [6.07, 6.45) is 3.58. The quantitative estimate of drug-likeness (QED) is 0.822. The Hall–Kier alpha value is -1.14. The molecule has 0 saturated carbocycles. The van der Waals surface area contributed by atoms with Crippen LogP contribution in [0.5, 0.6) is 0 Å². The van der Waals surface area contributed by atoms with Crippen LogP contribution in [0, 0.1) is 0 Å². The molecule has 0 bridgehead atoms. The Labute approximate surface area is 104 Å². The van der Waals surface area contributed by atoms with E-state index in [1.165, 1.54) is 11.3 Å². The predicted molar refractivity (Wildman–Crippen MR) is 65.5 cm³/mol. The van der Waals surface area contributed by atoms with E-state index in [9.17, 15) is 9.90 Å². The number of aromatic nitrogens is 1. The molecule has 1 atom stereocenters. The summed E-state index contributed by atoms with van der Waals surface area (Å²) in [5.74, 6) is -0.323. The number of thiazole rings is 1. The van der Waals surface area contributed by atoms with E-state index in [0.29, 0.717) is 11.5 Å². The lowest BCUT2D eigenvalue weighted by Gasteiger charge is -2.21. The maximum absolute atomic E-state index is 11.5. The van der Waals surface area contributed by atoms with Crippen LogP contribution >= 0.6 is 11.3 Å². The molecule has 2 heterocycles. The predicted octanol–water partition coefficient (Wildman–Crippen LogP) is 1.28. The molecule has 0 radical (unpaired) electrons. The van der Waals surface area contributed by atoms with E-state index in [2.05, 4.69) is 9.88 Å². The standard InChI is InChI=1S/C11H16N2O3S/c1-2-16-10(15)9-6-12-11(17-9)13-5-3-4-8(13)7-14/h6,8,14H,2-5,7H2,1H3. The first-order valence-electron chi connectivity index (χ1n) is 5.76. The lowest BCUT2D eigenvalue weighted by Crippen LogP contribution is -2.31. The highest BCUT2D eigenvalue weighted by atomic mass is 32.1. The van der Waals surface area contributed by atoms with E-state index < -0.39 is 0 Å². The number of nitrogens with zero attached hydrogens (tertiary/aromatic N) is 2. The van der Waals surface area contributed by atoms with E-state index in [-0.39, 0.29) is 18.6 Å². The summed E-state index contributed by atoms with van der Waals surface area (Å²) in [5.41, 5.74) is 0. The number of rotatable bonds is 4. The molecule has 2 rings (SSSR count). The van der Waals surface area contributed by atoms with Gasteiger partial charge in [0.25, 0.3) is 0 Å². The van der Waals surface area contributed by atoms with Gasteiger partial charge in [0.15, 0.2) is 5.13 Å². The van der Waals surface area contributed by atoms with Gasteiger partial charge in [0.1, 0.15) is 4.88 Å². The van der Waals surface area contributed by atoms with Gasteiger partial charge >= 0.3 is 5.97 Å². The first-order valence-corrected chi connectivity index (χ1v) is 6.58. The maximum atomic E-state index is 11.5. The zero-order valence-corrected chi connectivity index (χ0v) is 10.6. The molecular weight excluding hydrogens is 240 g/mol. The van der Waals surface area contributed by atoms with Crippen molar-refractivity contribution in [2.45, 2.75) is 25.8 Å². The molecule has 1 fully saturated rings. The third-order valence-electron chi connectivity index (χ3n) is 2.80. The molecule has 0 aliphatic carbocycles. The van der Waals surface area contributed by atoms with Gasteiger partial charge in [-0.15, -0.1) is 0 Å². The van der Waals surface area contributed by atoms with E-state index in [1.54, 1.807) is 13.1 Å². The second kappa shape index (κ2) is 5.46. The first-order chi connectivity index (χ1) is 8.26. The van der Waals surface area contributed by atoms with Crippen molar-refractivity contribution in [2.75, 3.05) is 24.7 Å². The van der Waals surface area contributed by atoms with Gasteiger partial charge in [-0.2, -0.15) is 0 Å². The average Bonchev–Trinajstić information content (AvgIpc) is 2.97. The molecule has 6 heteroatoms. The summed E-state index contributed by atoms with van der Waals surface area (Å²) in [4.78, 5) is 18.3. The average molecular weight is 256 g/mol. The van der Waals surface area contributed by atoms with E-state index in [4.69, 9.17) is 4.74 Å². The van der Waals surface area contributed by atoms with Crippen molar-refractivity contribution in [1.82, 2.24) is 4.98 Å². The van der Waals surface area contributed by atoms with Crippen LogP contribution < -0.4 is 4.90 Å². The Morgan fingerprint density at radius 3 is 3.29 bits per heavy atom. The third-order valence-corrected chi connectivity index (χ3v) is 3.82. The molecule has 1 aliphatic heterocycles. The number of aliphatic hydroxyl groups excluding tert-OH is 1. The number of carbonyl (C=O) groups excluding carboxylic acids is 1. The number of ether oxygens (including phenoxy) is 1. The summed E-state index contributed by atoms with van der Waals surface area (Å²) in [6, 6.07) is 0.135. The van der Waals surface area contributed by atoms with E-state index in [1.807, 2.05) is 0 Å². The topological polar surface area (TPSA) is 62.7 Å². The van der Waals surface area contributed by atoms with Crippen LogP contribution in [0.2, 0.25) is 0 Å². The van der Waals surface area contributed by atoms with Crippen molar-refractivity contribution >= 4 is 22.4 Å². The zero-order valence-electron chi connectivity index (χ0n) is 9.76. The maximum Gasteiger partial charge on any atom is 0.350 e. The fraction of sp³-hybridized carbons (Fsp3) is 0.636. The van der Waals surface area contributed by atoms with Crippen molar-refractivity contribution in [3.63, 3.8) is 0 Å². The van der Waals surface area contributed by atoms with E-state index in [0.717, 1.165) is 24.5 Å². The van der Waals surface area contributed by atoms with Crippen LogP contribution in [0.1, 0.15) is 29.4 Å². The molecule has 1 unspecified atom stereocenters. The molecule has 0 aromatic carbocycles. The fourth-order valence-corrected chi connectivity index (χ4v) is 2.88. The van der Waals surface area contributed by atoms with Crippen LogP contribution in [-0.2, 0) is 4.74 Å². The van der Waals surface area contributed by atoms with Crippen LogP contribution in [0.15, 0.2) is 6.20 Å². The number of esters is 1. The number of aliphatic hydroxyl groups is 1. The highest BCUT2D eigenvalue weighted by Crippen LogP contribution is 2.29. The highest BCUT2D eigenvalue weighted by molar-refractivity contribution is 7.17. The number of anilines is 1. The third kappa shape index (κ3) is 2.58. The molecular formula is C11H16N2O3S. The van der Waals surface area contributed by atoms with Crippen LogP contribution in [0.4, 0.5) is 5.13 Å². The summed E-state index contributed by atoms with van der Waals surface area (Å²) < 4.78 is 4.92. The summed E-state index contributed by atoms with van der Waals surface area (Å²) >= 11 is 1.33. The van der Waals surface area contributed by atoms with Gasteiger partial charge in [-0.25, -0.2) is 9.78 Å². The Morgan fingerprint density at radius 1 is 1.76 bits per heavy atom. The Morgan fingerprint density at radius 2 is 2.59 bits per heavy atom. The normalized spacial score (nSPS) is 19.6. The molecule has 0 spiro atoms. The molecule has 0 amide bonds. The molecule has 1 aromatic heterocycles. The van der Waals surface area contributed by atoms with Gasteiger partial charge in [0, 0.05) is 6.54 Å². The molecule has 1 N–H and O–H groups in total. The largest absolute Gasteiger partial charge is 0.462 e. The Balaban J connectivity index is 2.09. The minimum Gasteiger partial charge on any atom is -0.462 e. The summed E-state index contributed by atoms with van der Waals surface area (Å²) in [5, 5.41) is 10.0. The smallest absolute Gasteiger partial charge is 0.350 e. The van der Waals surface area contributed by atoms with Gasteiger partial charge in [-0.3, -0.25) is 0 Å². The number of hydrogen-bond donors (Lipinski definition) is 1. The lowest BCUT2D eigenvalue weighted by atomic mass is 10.2. The summed E-state index contributed by atoms with van der Waals surface area (Å²) in [7, 11) is 0. The molecule has 1 aromatic rings. The number of carbonyl (C=O) groups is 1. The van der Waals surface area contributed by atoms with Crippen LogP contribution in [0.3, 0.4) is 0 Å². The van der Waals surface area contributed by atoms with E-state index >= 15 is 0 Å². The fourth-order valence-electron chi connectivity index (χ4n) is 1.97.